The molecule has 0 fully saturated rings. The molecule has 0 amide bonds. The molecule has 8 heteroatoms. The summed E-state index contributed by atoms with van der Waals surface area (Å²) in [6.45, 7) is 2.43. The summed E-state index contributed by atoms with van der Waals surface area (Å²) >= 11 is 0. The Morgan fingerprint density at radius 1 is 1.45 bits per heavy atom. The zero-order valence-electron chi connectivity index (χ0n) is 11.5. The highest BCUT2D eigenvalue weighted by Gasteiger charge is 2.16. The van der Waals surface area contributed by atoms with Gasteiger partial charge in [0.15, 0.2) is 0 Å². The van der Waals surface area contributed by atoms with E-state index in [1.54, 1.807) is 0 Å². The molecule has 0 radical (unpaired) electrons. The van der Waals surface area contributed by atoms with Gasteiger partial charge < -0.3 is 5.11 Å². The minimum absolute atomic E-state index is 0.191. The van der Waals surface area contributed by atoms with Crippen LogP contribution < -0.4 is 4.72 Å². The smallest absolute Gasteiger partial charge is 0.309 e. The van der Waals surface area contributed by atoms with Crippen LogP contribution in [0.3, 0.4) is 0 Å². The summed E-state index contributed by atoms with van der Waals surface area (Å²) in [6.07, 6.45) is 2.81. The maximum absolute atomic E-state index is 12.0. The number of anilines is 1. The molecule has 0 aliphatic carbocycles. The Hall–Kier alpha value is -1.67. The quantitative estimate of drug-likeness (QED) is 0.749. The predicted molar refractivity (Wildman–Crippen MR) is 75.7 cm³/mol. The van der Waals surface area contributed by atoms with E-state index in [4.69, 9.17) is 5.11 Å². The van der Waals surface area contributed by atoms with Gasteiger partial charge in [-0.05, 0) is 18.6 Å². The Kier molecular flexibility index (Phi) is 5.90. The summed E-state index contributed by atoms with van der Waals surface area (Å²) in [5.74, 6) is -0.981. The first-order valence-electron chi connectivity index (χ1n) is 6.26. The molecule has 1 rings (SSSR count). The van der Waals surface area contributed by atoms with Crippen molar-refractivity contribution in [2.24, 2.45) is 0 Å². The average molecular weight is 301 g/mol. The summed E-state index contributed by atoms with van der Waals surface area (Å²) in [4.78, 5) is 14.4. The molecule has 0 aliphatic heterocycles. The number of unbranched alkanes of at least 4 members (excludes halogenated alkanes) is 1. The first-order chi connectivity index (χ1) is 9.35. The van der Waals surface area contributed by atoms with E-state index in [1.165, 1.54) is 29.7 Å². The van der Waals surface area contributed by atoms with Gasteiger partial charge in [0.2, 0.25) is 0 Å². The van der Waals surface area contributed by atoms with Crippen molar-refractivity contribution in [3.05, 3.63) is 24.0 Å². The van der Waals surface area contributed by atoms with Gasteiger partial charge in [0.05, 0.1) is 24.0 Å². The lowest BCUT2D eigenvalue weighted by atomic mass is 10.3. The highest BCUT2D eigenvalue weighted by Crippen LogP contribution is 2.11. The number of rotatable bonds is 8. The van der Waals surface area contributed by atoms with E-state index in [1.807, 2.05) is 6.92 Å². The van der Waals surface area contributed by atoms with Crippen LogP contribution in [0.2, 0.25) is 0 Å². The summed E-state index contributed by atoms with van der Waals surface area (Å²) in [5, 5.41) is 8.62. The minimum Gasteiger partial charge on any atom is -0.481 e. The second-order valence-corrected chi connectivity index (χ2v) is 6.17. The van der Waals surface area contributed by atoms with Crippen molar-refractivity contribution in [3.8, 4) is 0 Å². The molecule has 2 N–H and O–H groups in total. The number of carboxylic acids is 1. The predicted octanol–water partition coefficient (Wildman–Crippen LogP) is 1.10. The summed E-state index contributed by atoms with van der Waals surface area (Å²) in [5.41, 5.74) is 0.683. The first kappa shape index (κ1) is 16.4. The summed E-state index contributed by atoms with van der Waals surface area (Å²) in [7, 11) is -2.09. The van der Waals surface area contributed by atoms with Crippen LogP contribution in [0, 0.1) is 0 Å². The fraction of sp³-hybridized carbons (Fsp3) is 0.500. The van der Waals surface area contributed by atoms with Gasteiger partial charge in [-0.1, -0.05) is 13.3 Å². The van der Waals surface area contributed by atoms with Crippen molar-refractivity contribution >= 4 is 21.9 Å². The first-order valence-corrected chi connectivity index (χ1v) is 7.70. The average Bonchev–Trinajstić information content (AvgIpc) is 2.37. The van der Waals surface area contributed by atoms with E-state index >= 15 is 0 Å². The molecule has 0 spiro atoms. The van der Waals surface area contributed by atoms with Gasteiger partial charge in [-0.3, -0.25) is 14.5 Å². The van der Waals surface area contributed by atoms with Crippen molar-refractivity contribution < 1.29 is 18.3 Å². The fourth-order valence-electron chi connectivity index (χ4n) is 1.47. The van der Waals surface area contributed by atoms with Crippen LogP contribution in [-0.4, -0.2) is 42.4 Å². The number of carbonyl (C=O) groups is 1. The number of aromatic nitrogens is 1. The fourth-order valence-corrected chi connectivity index (χ4v) is 2.42. The maximum atomic E-state index is 12.0. The molecule has 7 nitrogen and oxygen atoms in total. The maximum Gasteiger partial charge on any atom is 0.309 e. The van der Waals surface area contributed by atoms with Crippen molar-refractivity contribution in [2.75, 3.05) is 18.3 Å². The highest BCUT2D eigenvalue weighted by molar-refractivity contribution is 7.90. The summed E-state index contributed by atoms with van der Waals surface area (Å²) in [6, 6.07) is 2.98. The standard InChI is InChI=1S/C12H19N3O4S/c1-3-4-7-15(2)20(18,19)14-11-6-5-10(13-9-11)8-12(16)17/h5-6,9,14H,3-4,7-8H2,1-2H3,(H,16,17). The van der Waals surface area contributed by atoms with Gasteiger partial charge in [0.1, 0.15) is 0 Å². The van der Waals surface area contributed by atoms with Crippen molar-refractivity contribution in [2.45, 2.75) is 26.2 Å². The Morgan fingerprint density at radius 3 is 2.65 bits per heavy atom. The van der Waals surface area contributed by atoms with Crippen LogP contribution in [0.5, 0.6) is 0 Å². The zero-order valence-corrected chi connectivity index (χ0v) is 12.4. The molecule has 0 unspecified atom stereocenters. The molecular weight excluding hydrogens is 282 g/mol. The van der Waals surface area contributed by atoms with Gasteiger partial charge >= 0.3 is 16.2 Å². The molecule has 0 saturated carbocycles. The lowest BCUT2D eigenvalue weighted by molar-refractivity contribution is -0.136. The van der Waals surface area contributed by atoms with E-state index in [9.17, 15) is 13.2 Å². The van der Waals surface area contributed by atoms with Crippen molar-refractivity contribution in [3.63, 3.8) is 0 Å². The molecule has 0 aliphatic rings. The second-order valence-electron chi connectivity index (χ2n) is 4.39. The normalized spacial score (nSPS) is 11.6. The van der Waals surface area contributed by atoms with Crippen LogP contribution in [0.15, 0.2) is 18.3 Å². The van der Waals surface area contributed by atoms with E-state index < -0.39 is 16.2 Å². The SMILES string of the molecule is CCCCN(C)S(=O)(=O)Nc1ccc(CC(=O)O)nc1. The third-order valence-corrected chi connectivity index (χ3v) is 4.14. The summed E-state index contributed by atoms with van der Waals surface area (Å²) < 4.78 is 27.6. The number of hydrogen-bond donors (Lipinski definition) is 2. The van der Waals surface area contributed by atoms with Gasteiger partial charge in [-0.2, -0.15) is 12.7 Å². The van der Waals surface area contributed by atoms with Crippen LogP contribution >= 0.6 is 0 Å². The Labute approximate surface area is 118 Å². The van der Waals surface area contributed by atoms with Crippen LogP contribution in [0.1, 0.15) is 25.5 Å². The molecule has 0 bridgehead atoms. The molecule has 0 atom stereocenters. The number of hydrogen-bond acceptors (Lipinski definition) is 4. The monoisotopic (exact) mass is 301 g/mol. The lowest BCUT2D eigenvalue weighted by Crippen LogP contribution is -2.33. The number of nitrogens with one attached hydrogen (secondary N) is 1. The molecule has 112 valence electrons. The molecule has 0 saturated heterocycles. The van der Waals surface area contributed by atoms with Crippen molar-refractivity contribution in [1.29, 1.82) is 0 Å². The Morgan fingerprint density at radius 2 is 2.15 bits per heavy atom. The second kappa shape index (κ2) is 7.20. The van der Waals surface area contributed by atoms with E-state index in [0.717, 1.165) is 12.8 Å². The van der Waals surface area contributed by atoms with Crippen LogP contribution in [0.25, 0.3) is 0 Å². The topological polar surface area (TPSA) is 99.6 Å². The van der Waals surface area contributed by atoms with E-state index in [-0.39, 0.29) is 6.42 Å². The minimum atomic E-state index is -3.59. The number of pyridine rings is 1. The largest absolute Gasteiger partial charge is 0.481 e. The molecule has 1 aromatic rings. The number of aliphatic carboxylic acids is 1. The van der Waals surface area contributed by atoms with Gasteiger partial charge in [0, 0.05) is 13.6 Å². The number of nitrogens with zero attached hydrogens (tertiary/aromatic N) is 2. The molecule has 0 aromatic carbocycles. The van der Waals surface area contributed by atoms with Gasteiger partial charge in [-0.25, -0.2) is 0 Å². The molecule has 1 heterocycles. The van der Waals surface area contributed by atoms with Gasteiger partial charge in [0.25, 0.3) is 0 Å². The highest BCUT2D eigenvalue weighted by atomic mass is 32.2. The third-order valence-electron chi connectivity index (χ3n) is 2.64. The number of carboxylic acid groups (broad SMARTS) is 1. The van der Waals surface area contributed by atoms with Crippen molar-refractivity contribution in [1.82, 2.24) is 9.29 Å². The zero-order chi connectivity index (χ0) is 15.2. The van der Waals surface area contributed by atoms with Gasteiger partial charge in [-0.15, -0.1) is 0 Å². The molecule has 1 aromatic heterocycles. The van der Waals surface area contributed by atoms with E-state index in [0.29, 0.717) is 17.9 Å². The van der Waals surface area contributed by atoms with E-state index in [2.05, 4.69) is 9.71 Å². The Bertz CT molecular complexity index is 542. The lowest BCUT2D eigenvalue weighted by Gasteiger charge is -2.17. The molecular formula is C12H19N3O4S. The Balaban J connectivity index is 2.70. The van der Waals surface area contributed by atoms with Crippen LogP contribution in [0.4, 0.5) is 5.69 Å². The van der Waals surface area contributed by atoms with Crippen LogP contribution in [-0.2, 0) is 21.4 Å². The third kappa shape index (κ3) is 5.14. The molecule has 20 heavy (non-hydrogen) atoms.